The van der Waals surface area contributed by atoms with Crippen LogP contribution >= 0.6 is 15.9 Å². The highest BCUT2D eigenvalue weighted by molar-refractivity contribution is 9.10. The zero-order chi connectivity index (χ0) is 12.3. The third-order valence-corrected chi connectivity index (χ3v) is 2.96. The molecule has 0 radical (unpaired) electrons. The molecule has 0 fully saturated rings. The summed E-state index contributed by atoms with van der Waals surface area (Å²) in [6, 6.07) is 4.65. The molecule has 1 aromatic carbocycles. The Morgan fingerprint density at radius 1 is 1.53 bits per heavy atom. The van der Waals surface area contributed by atoms with Gasteiger partial charge in [-0.3, -0.25) is 0 Å². The number of benzene rings is 1. The molecule has 0 aliphatic rings. The van der Waals surface area contributed by atoms with E-state index < -0.39 is 0 Å². The largest absolute Gasteiger partial charge is 0.347 e. The van der Waals surface area contributed by atoms with Crippen LogP contribution in [-0.2, 0) is 0 Å². The van der Waals surface area contributed by atoms with Crippen LogP contribution in [0.25, 0.3) is 0 Å². The van der Waals surface area contributed by atoms with E-state index in [1.807, 2.05) is 6.92 Å². The van der Waals surface area contributed by atoms with Gasteiger partial charge >= 0.3 is 0 Å². The molecule has 5 heteroatoms. The van der Waals surface area contributed by atoms with Crippen LogP contribution in [0.3, 0.4) is 0 Å². The first-order valence-electron chi connectivity index (χ1n) is 5.40. The van der Waals surface area contributed by atoms with Gasteiger partial charge < -0.3 is 10.3 Å². The monoisotopic (exact) mass is 297 g/mol. The van der Waals surface area contributed by atoms with Gasteiger partial charge in [0, 0.05) is 22.4 Å². The molecule has 1 unspecified atom stereocenters. The number of aromatic nitrogens is 2. The highest BCUT2D eigenvalue weighted by Gasteiger charge is 2.19. The van der Waals surface area contributed by atoms with Crippen LogP contribution in [0.15, 0.2) is 35.1 Å². The first kappa shape index (κ1) is 12.3. The fraction of sp³-hybridized carbons (Fsp3) is 0.250. The third-order valence-electron chi connectivity index (χ3n) is 2.47. The van der Waals surface area contributed by atoms with Gasteiger partial charge in [-0.15, -0.1) is 0 Å². The van der Waals surface area contributed by atoms with Gasteiger partial charge in [0.15, 0.2) is 0 Å². The van der Waals surface area contributed by atoms with E-state index in [1.165, 1.54) is 6.07 Å². The summed E-state index contributed by atoms with van der Waals surface area (Å²) in [6.45, 7) is 2.71. The highest BCUT2D eigenvalue weighted by atomic mass is 79.9. The molecule has 90 valence electrons. The molecule has 2 aromatic rings. The Hall–Kier alpha value is -1.20. The second kappa shape index (κ2) is 5.42. The molecule has 0 bridgehead atoms. The van der Waals surface area contributed by atoms with E-state index in [9.17, 15) is 4.39 Å². The highest BCUT2D eigenvalue weighted by Crippen LogP contribution is 2.25. The van der Waals surface area contributed by atoms with Crippen molar-refractivity contribution in [1.82, 2.24) is 15.3 Å². The first-order valence-corrected chi connectivity index (χ1v) is 6.19. The molecule has 0 saturated carbocycles. The number of nitrogens with zero attached hydrogens (tertiary/aromatic N) is 1. The predicted molar refractivity (Wildman–Crippen MR) is 68.2 cm³/mol. The maximum absolute atomic E-state index is 13.8. The van der Waals surface area contributed by atoms with Crippen molar-refractivity contribution in [3.63, 3.8) is 0 Å². The Kier molecular flexibility index (Phi) is 3.91. The van der Waals surface area contributed by atoms with E-state index in [1.54, 1.807) is 24.5 Å². The Balaban J connectivity index is 2.42. The Morgan fingerprint density at radius 2 is 2.35 bits per heavy atom. The molecule has 0 saturated heterocycles. The van der Waals surface area contributed by atoms with Crippen LogP contribution in [0, 0.1) is 5.82 Å². The van der Waals surface area contributed by atoms with Gasteiger partial charge in [0.25, 0.3) is 0 Å². The summed E-state index contributed by atoms with van der Waals surface area (Å²) in [5.41, 5.74) is 0.580. The van der Waals surface area contributed by atoms with E-state index in [0.29, 0.717) is 11.4 Å². The molecule has 1 atom stereocenters. The van der Waals surface area contributed by atoms with Crippen molar-refractivity contribution in [2.45, 2.75) is 13.0 Å². The standard InChI is InChI=1S/C12H13BrFN3/c1-2-15-11(12-16-5-6-17-12)9-7-8(13)3-4-10(9)14/h3-7,11,15H,2H2,1H3,(H,16,17). The number of hydrogen-bond acceptors (Lipinski definition) is 2. The average Bonchev–Trinajstić information content (AvgIpc) is 2.83. The molecule has 0 amide bonds. The summed E-state index contributed by atoms with van der Waals surface area (Å²) in [5.74, 6) is 0.472. The number of imidazole rings is 1. The molecule has 0 aliphatic heterocycles. The molecular formula is C12H13BrFN3. The van der Waals surface area contributed by atoms with E-state index in [-0.39, 0.29) is 11.9 Å². The van der Waals surface area contributed by atoms with E-state index in [4.69, 9.17) is 0 Å². The molecule has 0 aliphatic carbocycles. The second-order valence-corrected chi connectivity index (χ2v) is 4.55. The molecule has 1 aromatic heterocycles. The van der Waals surface area contributed by atoms with Gasteiger partial charge in [-0.1, -0.05) is 22.9 Å². The molecule has 17 heavy (non-hydrogen) atoms. The topological polar surface area (TPSA) is 40.7 Å². The predicted octanol–water partition coefficient (Wildman–Crippen LogP) is 3.01. The summed E-state index contributed by atoms with van der Waals surface area (Å²) in [6.07, 6.45) is 3.39. The molecule has 0 spiro atoms. The van der Waals surface area contributed by atoms with Crippen LogP contribution in [0.2, 0.25) is 0 Å². The smallest absolute Gasteiger partial charge is 0.128 e. The van der Waals surface area contributed by atoms with Gasteiger partial charge in [-0.25, -0.2) is 9.37 Å². The Labute approximate surface area is 108 Å². The van der Waals surface area contributed by atoms with Crippen LogP contribution in [0.5, 0.6) is 0 Å². The molecule has 2 rings (SSSR count). The first-order chi connectivity index (χ1) is 8.22. The lowest BCUT2D eigenvalue weighted by Gasteiger charge is -2.17. The van der Waals surface area contributed by atoms with Crippen molar-refractivity contribution < 1.29 is 4.39 Å². The van der Waals surface area contributed by atoms with Crippen molar-refractivity contribution in [3.8, 4) is 0 Å². The zero-order valence-electron chi connectivity index (χ0n) is 9.37. The molecular weight excluding hydrogens is 285 g/mol. The van der Waals surface area contributed by atoms with Crippen LogP contribution < -0.4 is 5.32 Å². The minimum atomic E-state index is -0.257. The maximum atomic E-state index is 13.8. The average molecular weight is 298 g/mol. The minimum Gasteiger partial charge on any atom is -0.347 e. The summed E-state index contributed by atoms with van der Waals surface area (Å²) >= 11 is 3.35. The van der Waals surface area contributed by atoms with E-state index >= 15 is 0 Å². The third kappa shape index (κ3) is 2.73. The fourth-order valence-corrected chi connectivity index (χ4v) is 2.11. The summed E-state index contributed by atoms with van der Waals surface area (Å²) < 4.78 is 14.7. The zero-order valence-corrected chi connectivity index (χ0v) is 11.0. The SMILES string of the molecule is CCNC(c1ncc[nH]1)c1cc(Br)ccc1F. The Morgan fingerprint density at radius 3 is 3.00 bits per heavy atom. The van der Waals surface area contributed by atoms with Gasteiger partial charge in [0.1, 0.15) is 11.6 Å². The fourth-order valence-electron chi connectivity index (χ4n) is 1.73. The van der Waals surface area contributed by atoms with Crippen LogP contribution in [-0.4, -0.2) is 16.5 Å². The van der Waals surface area contributed by atoms with E-state index in [0.717, 1.165) is 11.0 Å². The number of aromatic amines is 1. The number of rotatable bonds is 4. The summed E-state index contributed by atoms with van der Waals surface area (Å²) in [5, 5.41) is 3.21. The van der Waals surface area contributed by atoms with Crippen molar-refractivity contribution in [3.05, 3.63) is 52.3 Å². The van der Waals surface area contributed by atoms with Gasteiger partial charge in [0.05, 0.1) is 6.04 Å². The Bertz CT molecular complexity index is 485. The summed E-state index contributed by atoms with van der Waals surface area (Å²) in [7, 11) is 0. The van der Waals surface area contributed by atoms with Gasteiger partial charge in [-0.2, -0.15) is 0 Å². The molecule has 3 nitrogen and oxygen atoms in total. The summed E-state index contributed by atoms with van der Waals surface area (Å²) in [4.78, 5) is 7.19. The number of H-pyrrole nitrogens is 1. The quantitative estimate of drug-likeness (QED) is 0.911. The van der Waals surface area contributed by atoms with Gasteiger partial charge in [0.2, 0.25) is 0 Å². The van der Waals surface area contributed by atoms with Crippen molar-refractivity contribution >= 4 is 15.9 Å². The van der Waals surface area contributed by atoms with Crippen molar-refractivity contribution in [2.24, 2.45) is 0 Å². The molecule has 1 heterocycles. The van der Waals surface area contributed by atoms with Crippen LogP contribution in [0.1, 0.15) is 24.4 Å². The van der Waals surface area contributed by atoms with Crippen molar-refractivity contribution in [1.29, 1.82) is 0 Å². The van der Waals surface area contributed by atoms with Gasteiger partial charge in [-0.05, 0) is 24.7 Å². The number of hydrogen-bond donors (Lipinski definition) is 2. The number of halogens is 2. The lowest BCUT2D eigenvalue weighted by molar-refractivity contribution is 0.545. The molecule has 2 N–H and O–H groups in total. The number of nitrogens with one attached hydrogen (secondary N) is 2. The van der Waals surface area contributed by atoms with Crippen molar-refractivity contribution in [2.75, 3.05) is 6.54 Å². The lowest BCUT2D eigenvalue weighted by Crippen LogP contribution is -2.24. The minimum absolute atomic E-state index is 0.240. The van der Waals surface area contributed by atoms with E-state index in [2.05, 4.69) is 31.2 Å². The second-order valence-electron chi connectivity index (χ2n) is 3.63. The normalized spacial score (nSPS) is 12.6. The van der Waals surface area contributed by atoms with Crippen LogP contribution in [0.4, 0.5) is 4.39 Å². The maximum Gasteiger partial charge on any atom is 0.128 e. The lowest BCUT2D eigenvalue weighted by atomic mass is 10.1.